The van der Waals surface area contributed by atoms with Crippen molar-refractivity contribution in [1.29, 1.82) is 0 Å². The van der Waals surface area contributed by atoms with Crippen molar-refractivity contribution in [1.82, 2.24) is 4.98 Å². The number of aryl methyl sites for hydroxylation is 1. The van der Waals surface area contributed by atoms with E-state index in [9.17, 15) is 0 Å². The molecule has 0 amide bonds. The highest BCUT2D eigenvalue weighted by Crippen LogP contribution is 2.29. The number of ether oxygens (including phenoxy) is 2. The van der Waals surface area contributed by atoms with Crippen molar-refractivity contribution in [3.63, 3.8) is 0 Å². The first-order valence-corrected chi connectivity index (χ1v) is 8.09. The average Bonchev–Trinajstić information content (AvgIpc) is 2.56. The Bertz CT molecular complexity index is 578. The molecule has 118 valence electrons. The molecule has 0 bridgehead atoms. The van der Waals surface area contributed by atoms with Crippen LogP contribution in [0.5, 0.6) is 11.5 Å². The summed E-state index contributed by atoms with van der Waals surface area (Å²) in [6.07, 6.45) is 4.68. The van der Waals surface area contributed by atoms with Gasteiger partial charge >= 0.3 is 0 Å². The van der Waals surface area contributed by atoms with Crippen molar-refractivity contribution < 1.29 is 9.47 Å². The van der Waals surface area contributed by atoms with Crippen LogP contribution in [-0.4, -0.2) is 18.2 Å². The molecule has 0 saturated carbocycles. The monoisotopic (exact) mass is 299 g/mol. The van der Waals surface area contributed by atoms with Gasteiger partial charge in [0.25, 0.3) is 0 Å². The lowest BCUT2D eigenvalue weighted by Gasteiger charge is -2.14. The minimum atomic E-state index is 0.626. The van der Waals surface area contributed by atoms with Crippen LogP contribution in [0.2, 0.25) is 0 Å². The molecule has 0 radical (unpaired) electrons. The van der Waals surface area contributed by atoms with Crippen molar-refractivity contribution in [3.05, 3.63) is 53.3 Å². The molecule has 0 aliphatic carbocycles. The smallest absolute Gasteiger partial charge is 0.126 e. The highest BCUT2D eigenvalue weighted by molar-refractivity contribution is 5.44. The molecule has 0 aliphatic rings. The SMILES string of the molecule is CCOc1cccc(OCCc2ccc(CC)cn2)c1CC. The zero-order valence-electron chi connectivity index (χ0n) is 13.8. The van der Waals surface area contributed by atoms with Crippen LogP contribution >= 0.6 is 0 Å². The van der Waals surface area contributed by atoms with Gasteiger partial charge < -0.3 is 9.47 Å². The molecule has 0 N–H and O–H groups in total. The molecule has 2 rings (SSSR count). The fourth-order valence-electron chi connectivity index (χ4n) is 2.40. The van der Waals surface area contributed by atoms with E-state index in [1.807, 2.05) is 31.3 Å². The Morgan fingerprint density at radius 2 is 1.68 bits per heavy atom. The van der Waals surface area contributed by atoms with Gasteiger partial charge in [-0.15, -0.1) is 0 Å². The van der Waals surface area contributed by atoms with Crippen LogP contribution in [0.25, 0.3) is 0 Å². The van der Waals surface area contributed by atoms with Gasteiger partial charge in [-0.1, -0.05) is 26.0 Å². The van der Waals surface area contributed by atoms with Gasteiger partial charge in [0.2, 0.25) is 0 Å². The fraction of sp³-hybridized carbons (Fsp3) is 0.421. The molecule has 3 nitrogen and oxygen atoms in total. The predicted octanol–water partition coefficient (Wildman–Crippen LogP) is 4.23. The van der Waals surface area contributed by atoms with Crippen LogP contribution in [0.4, 0.5) is 0 Å². The molecule has 1 aromatic heterocycles. The minimum Gasteiger partial charge on any atom is -0.493 e. The van der Waals surface area contributed by atoms with E-state index in [2.05, 4.69) is 31.0 Å². The molecule has 0 atom stereocenters. The molecule has 0 aliphatic heterocycles. The molecule has 0 unspecified atom stereocenters. The normalized spacial score (nSPS) is 10.5. The second-order valence-corrected chi connectivity index (χ2v) is 5.13. The van der Waals surface area contributed by atoms with Gasteiger partial charge in [0.1, 0.15) is 11.5 Å². The van der Waals surface area contributed by atoms with E-state index in [0.717, 1.165) is 42.0 Å². The summed E-state index contributed by atoms with van der Waals surface area (Å²) in [4.78, 5) is 4.47. The van der Waals surface area contributed by atoms with Crippen molar-refractivity contribution in [3.8, 4) is 11.5 Å². The van der Waals surface area contributed by atoms with Crippen molar-refractivity contribution in [2.75, 3.05) is 13.2 Å². The van der Waals surface area contributed by atoms with E-state index in [-0.39, 0.29) is 0 Å². The van der Waals surface area contributed by atoms with E-state index in [1.54, 1.807) is 0 Å². The van der Waals surface area contributed by atoms with E-state index >= 15 is 0 Å². The second-order valence-electron chi connectivity index (χ2n) is 5.13. The van der Waals surface area contributed by atoms with Gasteiger partial charge in [-0.05, 0) is 43.5 Å². The molecular formula is C19H25NO2. The Hall–Kier alpha value is -2.03. The Kier molecular flexibility index (Phi) is 6.26. The van der Waals surface area contributed by atoms with Gasteiger partial charge in [-0.3, -0.25) is 4.98 Å². The number of nitrogens with zero attached hydrogens (tertiary/aromatic N) is 1. The third-order valence-electron chi connectivity index (χ3n) is 3.65. The Balaban J connectivity index is 1.97. The topological polar surface area (TPSA) is 31.4 Å². The summed E-state index contributed by atoms with van der Waals surface area (Å²) in [5, 5.41) is 0. The van der Waals surface area contributed by atoms with E-state index < -0.39 is 0 Å². The van der Waals surface area contributed by atoms with Gasteiger partial charge in [-0.25, -0.2) is 0 Å². The fourth-order valence-corrected chi connectivity index (χ4v) is 2.40. The quantitative estimate of drug-likeness (QED) is 0.731. The molecule has 22 heavy (non-hydrogen) atoms. The first kappa shape index (κ1) is 16.3. The summed E-state index contributed by atoms with van der Waals surface area (Å²) < 4.78 is 11.6. The van der Waals surface area contributed by atoms with Crippen LogP contribution in [0.15, 0.2) is 36.5 Å². The van der Waals surface area contributed by atoms with Crippen LogP contribution in [0, 0.1) is 0 Å². The number of benzene rings is 1. The first-order valence-electron chi connectivity index (χ1n) is 8.09. The Morgan fingerprint density at radius 1 is 0.909 bits per heavy atom. The second kappa shape index (κ2) is 8.42. The maximum Gasteiger partial charge on any atom is 0.126 e. The van der Waals surface area contributed by atoms with Crippen LogP contribution in [0.3, 0.4) is 0 Å². The van der Waals surface area contributed by atoms with Gasteiger partial charge in [0.15, 0.2) is 0 Å². The molecule has 0 spiro atoms. The van der Waals surface area contributed by atoms with Crippen molar-refractivity contribution in [2.24, 2.45) is 0 Å². The van der Waals surface area contributed by atoms with E-state index in [4.69, 9.17) is 9.47 Å². The van der Waals surface area contributed by atoms with Crippen molar-refractivity contribution in [2.45, 2.75) is 40.0 Å². The molecule has 0 fully saturated rings. The third kappa shape index (κ3) is 4.23. The zero-order chi connectivity index (χ0) is 15.8. The summed E-state index contributed by atoms with van der Waals surface area (Å²) >= 11 is 0. The average molecular weight is 299 g/mol. The predicted molar refractivity (Wildman–Crippen MR) is 89.8 cm³/mol. The van der Waals surface area contributed by atoms with E-state index in [0.29, 0.717) is 13.2 Å². The maximum absolute atomic E-state index is 5.96. The summed E-state index contributed by atoms with van der Waals surface area (Å²) in [5.74, 6) is 1.84. The zero-order valence-corrected chi connectivity index (χ0v) is 13.8. The molecule has 1 heterocycles. The lowest BCUT2D eigenvalue weighted by Crippen LogP contribution is -2.06. The van der Waals surface area contributed by atoms with Gasteiger partial charge in [0, 0.05) is 23.9 Å². The van der Waals surface area contributed by atoms with Gasteiger partial charge in [-0.2, -0.15) is 0 Å². The number of pyridine rings is 1. The number of aromatic nitrogens is 1. The molecule has 0 saturated heterocycles. The van der Waals surface area contributed by atoms with Gasteiger partial charge in [0.05, 0.1) is 13.2 Å². The standard InChI is InChI=1S/C19H25NO2/c1-4-15-10-11-16(20-14-15)12-13-22-19-9-7-8-18(21-6-3)17(19)5-2/h7-11,14H,4-6,12-13H2,1-3H3. The summed E-state index contributed by atoms with van der Waals surface area (Å²) in [6.45, 7) is 7.55. The molecule has 1 aromatic carbocycles. The summed E-state index contributed by atoms with van der Waals surface area (Å²) in [7, 11) is 0. The van der Waals surface area contributed by atoms with E-state index in [1.165, 1.54) is 5.56 Å². The number of hydrogen-bond donors (Lipinski definition) is 0. The Labute approximate surface area is 133 Å². The lowest BCUT2D eigenvalue weighted by molar-refractivity contribution is 0.305. The molecule has 3 heteroatoms. The molecule has 2 aromatic rings. The number of rotatable bonds is 8. The largest absolute Gasteiger partial charge is 0.493 e. The van der Waals surface area contributed by atoms with Crippen LogP contribution in [0.1, 0.15) is 37.6 Å². The van der Waals surface area contributed by atoms with Crippen LogP contribution in [-0.2, 0) is 19.3 Å². The maximum atomic E-state index is 5.96. The highest BCUT2D eigenvalue weighted by atomic mass is 16.5. The minimum absolute atomic E-state index is 0.626. The van der Waals surface area contributed by atoms with Crippen molar-refractivity contribution >= 4 is 0 Å². The first-order chi connectivity index (χ1) is 10.8. The summed E-state index contributed by atoms with van der Waals surface area (Å²) in [6, 6.07) is 10.2. The number of hydrogen-bond acceptors (Lipinski definition) is 3. The summed E-state index contributed by atoms with van der Waals surface area (Å²) in [5.41, 5.74) is 3.47. The van der Waals surface area contributed by atoms with Crippen LogP contribution < -0.4 is 9.47 Å². The lowest BCUT2D eigenvalue weighted by atomic mass is 10.1. The third-order valence-corrected chi connectivity index (χ3v) is 3.65. The highest BCUT2D eigenvalue weighted by Gasteiger charge is 2.08. The Morgan fingerprint density at radius 3 is 2.27 bits per heavy atom. The molecular weight excluding hydrogens is 274 g/mol.